The van der Waals surface area contributed by atoms with Crippen molar-refractivity contribution in [1.29, 1.82) is 0 Å². The van der Waals surface area contributed by atoms with E-state index in [1.807, 2.05) is 6.08 Å². The van der Waals surface area contributed by atoms with Crippen LogP contribution in [0.5, 0.6) is 0 Å². The largest absolute Gasteiger partial charge is 0.102 e. The number of unbranched alkanes of at least 4 members (excludes halogenated alkanes) is 1. The molecule has 0 aliphatic carbocycles. The summed E-state index contributed by atoms with van der Waals surface area (Å²) in [5, 5.41) is 0. The van der Waals surface area contributed by atoms with Crippen molar-refractivity contribution in [2.24, 2.45) is 5.92 Å². The molecule has 0 rings (SSSR count). The molecule has 0 aromatic carbocycles. The predicted molar refractivity (Wildman–Crippen MR) is 57.3 cm³/mol. The molecule has 1 atom stereocenters. The normalized spacial score (nSPS) is 12.5. The van der Waals surface area contributed by atoms with E-state index in [1.54, 1.807) is 0 Å². The van der Waals surface area contributed by atoms with E-state index in [9.17, 15) is 0 Å². The van der Waals surface area contributed by atoms with Gasteiger partial charge >= 0.3 is 0 Å². The maximum Gasteiger partial charge on any atom is -0.00288 e. The van der Waals surface area contributed by atoms with Crippen molar-refractivity contribution >= 4 is 0 Å². The van der Waals surface area contributed by atoms with Crippen LogP contribution in [0, 0.1) is 5.92 Å². The third-order valence-electron chi connectivity index (χ3n) is 2.26. The molecular formula is C12H22. The molecular weight excluding hydrogens is 144 g/mol. The molecule has 0 aromatic heterocycles. The van der Waals surface area contributed by atoms with E-state index in [2.05, 4.69) is 27.0 Å². The van der Waals surface area contributed by atoms with Gasteiger partial charge in [-0.2, -0.15) is 0 Å². The van der Waals surface area contributed by atoms with Crippen molar-refractivity contribution in [1.82, 2.24) is 0 Å². The standard InChI is InChI=1S/C12H22/c1-5-8-10-11(4)12(7-3)9-6-2/h7,12H,3-6,8-10H2,1-2H3/t12-/m0/s1. The minimum atomic E-state index is 0.557. The molecule has 0 N–H and O–H groups in total. The first kappa shape index (κ1) is 11.5. The summed E-state index contributed by atoms with van der Waals surface area (Å²) in [5.41, 5.74) is 1.37. The van der Waals surface area contributed by atoms with Gasteiger partial charge < -0.3 is 0 Å². The summed E-state index contributed by atoms with van der Waals surface area (Å²) in [6.07, 6.45) is 8.18. The van der Waals surface area contributed by atoms with Crippen LogP contribution in [0.1, 0.15) is 46.0 Å². The van der Waals surface area contributed by atoms with Crippen LogP contribution in [0.3, 0.4) is 0 Å². The van der Waals surface area contributed by atoms with Crippen LogP contribution in [-0.2, 0) is 0 Å². The van der Waals surface area contributed by atoms with Gasteiger partial charge in [-0.3, -0.25) is 0 Å². The van der Waals surface area contributed by atoms with Crippen molar-refractivity contribution in [3.63, 3.8) is 0 Å². The summed E-state index contributed by atoms with van der Waals surface area (Å²) >= 11 is 0. The van der Waals surface area contributed by atoms with Gasteiger partial charge in [0.1, 0.15) is 0 Å². The van der Waals surface area contributed by atoms with Crippen LogP contribution in [-0.4, -0.2) is 0 Å². The quantitative estimate of drug-likeness (QED) is 0.494. The van der Waals surface area contributed by atoms with E-state index in [0.29, 0.717) is 5.92 Å². The maximum absolute atomic E-state index is 4.11. The number of rotatable bonds is 7. The molecule has 0 heterocycles. The molecule has 0 aliphatic heterocycles. The second kappa shape index (κ2) is 7.15. The summed E-state index contributed by atoms with van der Waals surface area (Å²) in [5.74, 6) is 0.557. The van der Waals surface area contributed by atoms with Gasteiger partial charge in [-0.1, -0.05) is 44.9 Å². The van der Waals surface area contributed by atoms with Gasteiger partial charge in [0, 0.05) is 0 Å². The summed E-state index contributed by atoms with van der Waals surface area (Å²) < 4.78 is 0. The average molecular weight is 166 g/mol. The van der Waals surface area contributed by atoms with E-state index in [-0.39, 0.29) is 0 Å². The molecule has 0 heteroatoms. The first-order valence-corrected chi connectivity index (χ1v) is 5.06. The van der Waals surface area contributed by atoms with E-state index in [1.165, 1.54) is 37.7 Å². The fraction of sp³-hybridized carbons (Fsp3) is 0.667. The molecule has 0 aliphatic rings. The number of hydrogen-bond donors (Lipinski definition) is 0. The Balaban J connectivity index is 3.77. The SMILES string of the molecule is C=C[C@@H](CCC)C(=C)CCCC. The fourth-order valence-corrected chi connectivity index (χ4v) is 1.39. The minimum Gasteiger partial charge on any atom is -0.102 e. The summed E-state index contributed by atoms with van der Waals surface area (Å²) in [4.78, 5) is 0. The van der Waals surface area contributed by atoms with Crippen LogP contribution in [0.4, 0.5) is 0 Å². The molecule has 0 bridgehead atoms. The molecule has 0 unspecified atom stereocenters. The Morgan fingerprint density at radius 3 is 2.42 bits per heavy atom. The molecule has 0 fully saturated rings. The second-order valence-corrected chi connectivity index (χ2v) is 3.39. The fourth-order valence-electron chi connectivity index (χ4n) is 1.39. The Kier molecular flexibility index (Phi) is 6.84. The lowest BCUT2D eigenvalue weighted by atomic mass is 9.92. The molecule has 0 saturated carbocycles. The molecule has 12 heavy (non-hydrogen) atoms. The van der Waals surface area contributed by atoms with Crippen molar-refractivity contribution in [3.05, 3.63) is 24.8 Å². The van der Waals surface area contributed by atoms with Crippen LogP contribution in [0.25, 0.3) is 0 Å². The zero-order valence-corrected chi connectivity index (χ0v) is 8.60. The Morgan fingerprint density at radius 2 is 2.00 bits per heavy atom. The average Bonchev–Trinajstić information content (AvgIpc) is 2.10. The van der Waals surface area contributed by atoms with Crippen LogP contribution in [0.2, 0.25) is 0 Å². The molecule has 0 nitrogen and oxygen atoms in total. The van der Waals surface area contributed by atoms with Crippen molar-refractivity contribution in [2.75, 3.05) is 0 Å². The van der Waals surface area contributed by atoms with Crippen molar-refractivity contribution in [3.8, 4) is 0 Å². The smallest absolute Gasteiger partial charge is 0.00288 e. The van der Waals surface area contributed by atoms with Gasteiger partial charge in [-0.05, 0) is 25.2 Å². The first-order valence-electron chi connectivity index (χ1n) is 5.06. The lowest BCUT2D eigenvalue weighted by Gasteiger charge is -2.13. The van der Waals surface area contributed by atoms with E-state index < -0.39 is 0 Å². The molecule has 0 amide bonds. The monoisotopic (exact) mass is 166 g/mol. The van der Waals surface area contributed by atoms with E-state index in [4.69, 9.17) is 0 Å². The number of allylic oxidation sites excluding steroid dienone is 2. The molecule has 0 aromatic rings. The van der Waals surface area contributed by atoms with Crippen molar-refractivity contribution < 1.29 is 0 Å². The summed E-state index contributed by atoms with van der Waals surface area (Å²) in [6, 6.07) is 0. The summed E-state index contributed by atoms with van der Waals surface area (Å²) in [6.45, 7) is 12.4. The third kappa shape index (κ3) is 4.38. The lowest BCUT2D eigenvalue weighted by Crippen LogP contribution is -1.99. The van der Waals surface area contributed by atoms with Gasteiger partial charge in [0.2, 0.25) is 0 Å². The highest BCUT2D eigenvalue weighted by atomic mass is 14.1. The first-order chi connectivity index (χ1) is 5.76. The molecule has 0 radical (unpaired) electrons. The Bertz CT molecular complexity index is 133. The molecule has 0 saturated heterocycles. The maximum atomic E-state index is 4.11. The topological polar surface area (TPSA) is 0 Å². The van der Waals surface area contributed by atoms with Gasteiger partial charge in [0.05, 0.1) is 0 Å². The highest BCUT2D eigenvalue weighted by Gasteiger charge is 2.05. The third-order valence-corrected chi connectivity index (χ3v) is 2.26. The Hall–Kier alpha value is -0.520. The summed E-state index contributed by atoms with van der Waals surface area (Å²) in [7, 11) is 0. The lowest BCUT2D eigenvalue weighted by molar-refractivity contribution is 0.619. The van der Waals surface area contributed by atoms with Crippen LogP contribution in [0.15, 0.2) is 24.8 Å². The Labute approximate surface area is 77.4 Å². The van der Waals surface area contributed by atoms with Gasteiger partial charge in [0.15, 0.2) is 0 Å². The highest BCUT2D eigenvalue weighted by Crippen LogP contribution is 2.21. The Morgan fingerprint density at radius 1 is 1.33 bits per heavy atom. The molecule has 70 valence electrons. The zero-order valence-electron chi connectivity index (χ0n) is 8.60. The van der Waals surface area contributed by atoms with Gasteiger partial charge in [-0.15, -0.1) is 6.58 Å². The minimum absolute atomic E-state index is 0.557. The van der Waals surface area contributed by atoms with Gasteiger partial charge in [0.25, 0.3) is 0 Å². The predicted octanol–water partition coefficient (Wildman–Crippen LogP) is 4.34. The second-order valence-electron chi connectivity index (χ2n) is 3.39. The van der Waals surface area contributed by atoms with Gasteiger partial charge in [-0.25, -0.2) is 0 Å². The van der Waals surface area contributed by atoms with Crippen molar-refractivity contribution in [2.45, 2.75) is 46.0 Å². The van der Waals surface area contributed by atoms with E-state index in [0.717, 1.165) is 0 Å². The van der Waals surface area contributed by atoms with E-state index >= 15 is 0 Å². The zero-order chi connectivity index (χ0) is 9.40. The highest BCUT2D eigenvalue weighted by molar-refractivity contribution is 5.07. The van der Waals surface area contributed by atoms with Crippen LogP contribution < -0.4 is 0 Å². The van der Waals surface area contributed by atoms with Crippen LogP contribution >= 0.6 is 0 Å². The molecule has 0 spiro atoms. The number of hydrogen-bond acceptors (Lipinski definition) is 0.